The summed E-state index contributed by atoms with van der Waals surface area (Å²) in [5.41, 5.74) is 1.08. The maximum atomic E-state index is 13.1. The van der Waals surface area contributed by atoms with Crippen molar-refractivity contribution in [1.29, 1.82) is 0 Å². The second kappa shape index (κ2) is 4.77. The van der Waals surface area contributed by atoms with Crippen molar-refractivity contribution in [3.05, 3.63) is 42.2 Å². The van der Waals surface area contributed by atoms with E-state index in [4.69, 9.17) is 0 Å². The Balaban J connectivity index is 2.88. The molecule has 76 valence electrons. The summed E-state index contributed by atoms with van der Waals surface area (Å²) in [5, 5.41) is 12.3. The molecule has 0 fully saturated rings. The van der Waals surface area contributed by atoms with Gasteiger partial charge in [0.2, 0.25) is 0 Å². The maximum absolute atomic E-state index is 13.1. The average Bonchev–Trinajstić information content (AvgIpc) is 2.16. The van der Waals surface area contributed by atoms with Crippen LogP contribution in [0.4, 0.5) is 10.1 Å². The molecule has 0 aliphatic rings. The second-order valence-electron chi connectivity index (χ2n) is 3.08. The zero-order valence-electron chi connectivity index (χ0n) is 8.13. The average molecular weight is 195 g/mol. The van der Waals surface area contributed by atoms with Gasteiger partial charge in [-0.3, -0.25) is 0 Å². The Morgan fingerprint density at radius 2 is 2.36 bits per heavy atom. The van der Waals surface area contributed by atoms with Gasteiger partial charge >= 0.3 is 0 Å². The molecular formula is C11H14FNO. The van der Waals surface area contributed by atoms with E-state index in [2.05, 4.69) is 11.9 Å². The maximum Gasteiger partial charge on any atom is 0.129 e. The SMILES string of the molecule is C=CCNc1ccc(F)c([C@@H](C)O)c1. The molecule has 0 bridgehead atoms. The van der Waals surface area contributed by atoms with Gasteiger partial charge in [0.15, 0.2) is 0 Å². The Morgan fingerprint density at radius 3 is 2.93 bits per heavy atom. The van der Waals surface area contributed by atoms with E-state index < -0.39 is 6.10 Å². The molecule has 1 aromatic carbocycles. The fourth-order valence-corrected chi connectivity index (χ4v) is 1.16. The molecule has 0 unspecified atom stereocenters. The zero-order valence-corrected chi connectivity index (χ0v) is 8.13. The number of benzene rings is 1. The lowest BCUT2D eigenvalue weighted by molar-refractivity contribution is 0.194. The molecule has 3 heteroatoms. The van der Waals surface area contributed by atoms with E-state index in [-0.39, 0.29) is 5.82 Å². The molecule has 0 aliphatic heterocycles. The highest BCUT2D eigenvalue weighted by atomic mass is 19.1. The summed E-state index contributed by atoms with van der Waals surface area (Å²) >= 11 is 0. The number of aliphatic hydroxyl groups excluding tert-OH is 1. The van der Waals surface area contributed by atoms with Gasteiger partial charge in [-0.2, -0.15) is 0 Å². The molecule has 0 aromatic heterocycles. The lowest BCUT2D eigenvalue weighted by Crippen LogP contribution is -2.01. The third-order valence-electron chi connectivity index (χ3n) is 1.90. The van der Waals surface area contributed by atoms with Crippen molar-refractivity contribution < 1.29 is 9.50 Å². The number of hydrogen-bond donors (Lipinski definition) is 2. The van der Waals surface area contributed by atoms with Gasteiger partial charge in [0.1, 0.15) is 5.82 Å². The smallest absolute Gasteiger partial charge is 0.129 e. The van der Waals surface area contributed by atoms with Crippen molar-refractivity contribution in [3.8, 4) is 0 Å². The van der Waals surface area contributed by atoms with Crippen LogP contribution in [-0.4, -0.2) is 11.7 Å². The molecule has 2 nitrogen and oxygen atoms in total. The number of nitrogens with one attached hydrogen (secondary N) is 1. The lowest BCUT2D eigenvalue weighted by atomic mass is 10.1. The summed E-state index contributed by atoms with van der Waals surface area (Å²) in [6.07, 6.45) is 0.922. The van der Waals surface area contributed by atoms with Crippen molar-refractivity contribution in [2.24, 2.45) is 0 Å². The van der Waals surface area contributed by atoms with Gasteiger partial charge in [-0.25, -0.2) is 4.39 Å². The Morgan fingerprint density at radius 1 is 1.64 bits per heavy atom. The molecule has 0 saturated carbocycles. The molecule has 0 saturated heterocycles. The van der Waals surface area contributed by atoms with Crippen LogP contribution in [0.5, 0.6) is 0 Å². The summed E-state index contributed by atoms with van der Waals surface area (Å²) in [6.45, 7) is 5.72. The summed E-state index contributed by atoms with van der Waals surface area (Å²) < 4.78 is 13.1. The van der Waals surface area contributed by atoms with Gasteiger partial charge in [-0.1, -0.05) is 6.08 Å². The Kier molecular flexibility index (Phi) is 3.65. The van der Waals surface area contributed by atoms with Crippen LogP contribution < -0.4 is 5.32 Å². The van der Waals surface area contributed by atoms with E-state index in [1.54, 1.807) is 18.2 Å². The van der Waals surface area contributed by atoms with Gasteiger partial charge in [-0.15, -0.1) is 6.58 Å². The van der Waals surface area contributed by atoms with Gasteiger partial charge in [0.25, 0.3) is 0 Å². The highest BCUT2D eigenvalue weighted by molar-refractivity contribution is 5.47. The van der Waals surface area contributed by atoms with E-state index in [1.165, 1.54) is 13.0 Å². The van der Waals surface area contributed by atoms with Crippen LogP contribution in [0.15, 0.2) is 30.9 Å². The first-order valence-electron chi connectivity index (χ1n) is 4.47. The molecule has 14 heavy (non-hydrogen) atoms. The molecule has 0 amide bonds. The van der Waals surface area contributed by atoms with E-state index >= 15 is 0 Å². The fourth-order valence-electron chi connectivity index (χ4n) is 1.16. The molecule has 0 heterocycles. The summed E-state index contributed by atoms with van der Waals surface area (Å²) in [5.74, 6) is -0.385. The van der Waals surface area contributed by atoms with Crippen molar-refractivity contribution in [2.75, 3.05) is 11.9 Å². The molecule has 1 rings (SSSR count). The topological polar surface area (TPSA) is 32.3 Å². The zero-order chi connectivity index (χ0) is 10.6. The van der Waals surface area contributed by atoms with E-state index in [0.717, 1.165) is 5.69 Å². The van der Waals surface area contributed by atoms with Crippen LogP contribution in [-0.2, 0) is 0 Å². The lowest BCUT2D eigenvalue weighted by Gasteiger charge is -2.09. The first-order valence-corrected chi connectivity index (χ1v) is 4.47. The predicted molar refractivity (Wildman–Crippen MR) is 55.7 cm³/mol. The Hall–Kier alpha value is -1.35. The minimum Gasteiger partial charge on any atom is -0.389 e. The third kappa shape index (κ3) is 2.57. The summed E-state index contributed by atoms with van der Waals surface area (Å²) in [4.78, 5) is 0. The van der Waals surface area contributed by atoms with Crippen molar-refractivity contribution >= 4 is 5.69 Å². The highest BCUT2D eigenvalue weighted by Crippen LogP contribution is 2.20. The van der Waals surface area contributed by atoms with Crippen LogP contribution >= 0.6 is 0 Å². The normalized spacial score (nSPS) is 12.2. The van der Waals surface area contributed by atoms with Crippen molar-refractivity contribution in [3.63, 3.8) is 0 Å². The third-order valence-corrected chi connectivity index (χ3v) is 1.90. The molecule has 0 spiro atoms. The minimum atomic E-state index is -0.791. The minimum absolute atomic E-state index is 0.305. The summed E-state index contributed by atoms with van der Waals surface area (Å²) in [7, 11) is 0. The molecular weight excluding hydrogens is 181 g/mol. The highest BCUT2D eigenvalue weighted by Gasteiger charge is 2.08. The fraction of sp³-hybridized carbons (Fsp3) is 0.273. The molecule has 2 N–H and O–H groups in total. The van der Waals surface area contributed by atoms with Crippen LogP contribution in [0.25, 0.3) is 0 Å². The van der Waals surface area contributed by atoms with Gasteiger partial charge in [-0.05, 0) is 25.1 Å². The van der Waals surface area contributed by atoms with Crippen LogP contribution in [0.3, 0.4) is 0 Å². The standard InChI is InChI=1S/C11H14FNO/c1-3-6-13-9-4-5-11(12)10(7-9)8(2)14/h3-5,7-8,13-14H,1,6H2,2H3/t8-/m1/s1. The number of halogens is 1. The van der Waals surface area contributed by atoms with Gasteiger partial charge in [0.05, 0.1) is 6.10 Å². The molecule has 0 aliphatic carbocycles. The Labute approximate surface area is 83.1 Å². The monoisotopic (exact) mass is 195 g/mol. The quantitative estimate of drug-likeness (QED) is 0.723. The first kappa shape index (κ1) is 10.7. The molecule has 0 radical (unpaired) electrons. The van der Waals surface area contributed by atoms with Gasteiger partial charge in [0, 0.05) is 17.8 Å². The van der Waals surface area contributed by atoms with E-state index in [0.29, 0.717) is 12.1 Å². The number of anilines is 1. The van der Waals surface area contributed by atoms with Crippen LogP contribution in [0.1, 0.15) is 18.6 Å². The molecule has 1 atom stereocenters. The number of rotatable bonds is 4. The van der Waals surface area contributed by atoms with E-state index in [9.17, 15) is 9.50 Å². The largest absolute Gasteiger partial charge is 0.389 e. The van der Waals surface area contributed by atoms with Gasteiger partial charge < -0.3 is 10.4 Å². The van der Waals surface area contributed by atoms with Crippen LogP contribution in [0, 0.1) is 5.82 Å². The number of hydrogen-bond acceptors (Lipinski definition) is 2. The molecule has 1 aromatic rings. The van der Waals surface area contributed by atoms with Crippen molar-refractivity contribution in [2.45, 2.75) is 13.0 Å². The second-order valence-corrected chi connectivity index (χ2v) is 3.08. The van der Waals surface area contributed by atoms with Crippen LogP contribution in [0.2, 0.25) is 0 Å². The first-order chi connectivity index (χ1) is 6.65. The summed E-state index contributed by atoms with van der Waals surface area (Å²) in [6, 6.07) is 4.57. The Bertz CT molecular complexity index is 323. The predicted octanol–water partition coefficient (Wildman–Crippen LogP) is 2.48. The van der Waals surface area contributed by atoms with Crippen molar-refractivity contribution in [1.82, 2.24) is 0 Å². The van der Waals surface area contributed by atoms with E-state index in [1.807, 2.05) is 0 Å². The number of aliphatic hydroxyl groups is 1.